The number of hydrogen-bond donors (Lipinski definition) is 0. The predicted octanol–water partition coefficient (Wildman–Crippen LogP) is 3.98. The van der Waals surface area contributed by atoms with Gasteiger partial charge in [-0.05, 0) is 49.0 Å². The van der Waals surface area contributed by atoms with Crippen LogP contribution in [0.15, 0.2) is 60.7 Å². The van der Waals surface area contributed by atoms with Crippen LogP contribution in [0.25, 0.3) is 6.08 Å². The molecule has 4 rings (SSSR count). The zero-order chi connectivity index (χ0) is 23.0. The van der Waals surface area contributed by atoms with Gasteiger partial charge in [-0.15, -0.1) is 0 Å². The first-order valence-corrected chi connectivity index (χ1v) is 12.2. The Morgan fingerprint density at radius 3 is 2.33 bits per heavy atom. The van der Waals surface area contributed by atoms with E-state index in [4.69, 9.17) is 0 Å². The Bertz CT molecular complexity index is 964. The lowest BCUT2D eigenvalue weighted by molar-refractivity contribution is -0.139. The molecule has 5 nitrogen and oxygen atoms in total. The minimum atomic E-state index is 0.0337. The van der Waals surface area contributed by atoms with E-state index >= 15 is 0 Å². The summed E-state index contributed by atoms with van der Waals surface area (Å²) in [6.07, 6.45) is 6.04. The van der Waals surface area contributed by atoms with Crippen LogP contribution < -0.4 is 0 Å². The average Bonchev–Trinajstić information content (AvgIpc) is 3.10. The summed E-state index contributed by atoms with van der Waals surface area (Å²) in [5, 5.41) is 0. The van der Waals surface area contributed by atoms with Gasteiger partial charge >= 0.3 is 0 Å². The van der Waals surface area contributed by atoms with Gasteiger partial charge in [0.05, 0.1) is 0 Å². The molecular weight excluding hydrogens is 410 g/mol. The number of benzene rings is 2. The van der Waals surface area contributed by atoms with Crippen LogP contribution in [0.1, 0.15) is 36.0 Å². The van der Waals surface area contributed by atoms with Crippen molar-refractivity contribution in [1.82, 2.24) is 14.7 Å². The maximum absolute atomic E-state index is 13.2. The van der Waals surface area contributed by atoms with Crippen LogP contribution >= 0.6 is 0 Å². The molecular formula is C28H35N3O2. The summed E-state index contributed by atoms with van der Waals surface area (Å²) in [7, 11) is 0. The molecule has 2 amide bonds. The molecule has 0 aliphatic carbocycles. The summed E-state index contributed by atoms with van der Waals surface area (Å²) in [6, 6.07) is 18.4. The van der Waals surface area contributed by atoms with Gasteiger partial charge in [0, 0.05) is 57.8 Å². The van der Waals surface area contributed by atoms with E-state index in [1.165, 1.54) is 11.1 Å². The van der Waals surface area contributed by atoms with Gasteiger partial charge in [0.1, 0.15) is 0 Å². The number of hydrogen-bond acceptors (Lipinski definition) is 3. The van der Waals surface area contributed by atoms with Crippen LogP contribution in [-0.2, 0) is 16.1 Å². The fourth-order valence-electron chi connectivity index (χ4n) is 4.82. The molecule has 2 aliphatic heterocycles. The maximum Gasteiger partial charge on any atom is 0.246 e. The largest absolute Gasteiger partial charge is 0.341 e. The first-order chi connectivity index (χ1) is 16.1. The SMILES string of the molecule is Cc1ccccc1CN1CCCN(C(=O)C2CCN(C(=O)/C=C/c3ccccc3)CC2)CC1. The van der Waals surface area contributed by atoms with Crippen molar-refractivity contribution in [1.29, 1.82) is 0 Å². The molecule has 0 aromatic heterocycles. The molecule has 0 N–H and O–H groups in total. The lowest BCUT2D eigenvalue weighted by Gasteiger charge is -2.33. The van der Waals surface area contributed by atoms with Crippen molar-refractivity contribution in [2.75, 3.05) is 39.3 Å². The Kier molecular flexibility index (Phi) is 7.95. The quantitative estimate of drug-likeness (QED) is 0.654. The molecule has 2 fully saturated rings. The number of likely N-dealkylation sites (tertiary alicyclic amines) is 1. The van der Waals surface area contributed by atoms with Gasteiger partial charge in [-0.25, -0.2) is 0 Å². The lowest BCUT2D eigenvalue weighted by atomic mass is 9.95. The fourth-order valence-corrected chi connectivity index (χ4v) is 4.82. The summed E-state index contributed by atoms with van der Waals surface area (Å²) >= 11 is 0. The Morgan fingerprint density at radius 2 is 1.58 bits per heavy atom. The lowest BCUT2D eigenvalue weighted by Crippen LogP contribution is -2.45. The third kappa shape index (κ3) is 6.32. The van der Waals surface area contributed by atoms with Gasteiger partial charge in [-0.1, -0.05) is 54.6 Å². The molecule has 2 saturated heterocycles. The first-order valence-electron chi connectivity index (χ1n) is 12.2. The van der Waals surface area contributed by atoms with Crippen LogP contribution in [-0.4, -0.2) is 65.8 Å². The maximum atomic E-state index is 13.2. The van der Waals surface area contributed by atoms with E-state index < -0.39 is 0 Å². The van der Waals surface area contributed by atoms with E-state index in [2.05, 4.69) is 41.0 Å². The van der Waals surface area contributed by atoms with E-state index in [1.807, 2.05) is 41.3 Å². The van der Waals surface area contributed by atoms with Crippen LogP contribution in [0.3, 0.4) is 0 Å². The minimum Gasteiger partial charge on any atom is -0.341 e. The molecule has 33 heavy (non-hydrogen) atoms. The van der Waals surface area contributed by atoms with Gasteiger partial charge in [-0.2, -0.15) is 0 Å². The Morgan fingerprint density at radius 1 is 0.848 bits per heavy atom. The third-order valence-corrected chi connectivity index (χ3v) is 6.93. The summed E-state index contributed by atoms with van der Waals surface area (Å²) in [6.45, 7) is 8.00. The second kappa shape index (κ2) is 11.3. The summed E-state index contributed by atoms with van der Waals surface area (Å²) < 4.78 is 0. The van der Waals surface area contributed by atoms with E-state index in [-0.39, 0.29) is 17.7 Å². The Hall–Kier alpha value is -2.92. The third-order valence-electron chi connectivity index (χ3n) is 6.93. The molecule has 0 bridgehead atoms. The molecule has 0 radical (unpaired) electrons. The number of nitrogens with zero attached hydrogens (tertiary/aromatic N) is 3. The van der Waals surface area contributed by atoms with Gasteiger partial charge in [-0.3, -0.25) is 14.5 Å². The van der Waals surface area contributed by atoms with E-state index in [0.29, 0.717) is 13.1 Å². The van der Waals surface area contributed by atoms with E-state index in [9.17, 15) is 9.59 Å². The van der Waals surface area contributed by atoms with Crippen molar-refractivity contribution in [3.05, 3.63) is 77.4 Å². The molecule has 2 aromatic rings. The van der Waals surface area contributed by atoms with Crippen molar-refractivity contribution in [3.63, 3.8) is 0 Å². The van der Waals surface area contributed by atoms with Crippen molar-refractivity contribution >= 4 is 17.9 Å². The number of rotatable bonds is 5. The standard InChI is InChI=1S/C28H35N3O2/c1-23-8-5-6-11-26(23)22-29-16-7-17-31(21-20-29)28(33)25-14-18-30(19-15-25)27(32)13-12-24-9-3-2-4-10-24/h2-6,8-13,25H,7,14-22H2,1H3/b13-12+. The molecule has 0 saturated carbocycles. The smallest absolute Gasteiger partial charge is 0.246 e. The van der Waals surface area contributed by atoms with Crippen LogP contribution in [0.4, 0.5) is 0 Å². The second-order valence-electron chi connectivity index (χ2n) is 9.23. The number of carbonyl (C=O) groups excluding carboxylic acids is 2. The number of aryl methyl sites for hydroxylation is 1. The van der Waals surface area contributed by atoms with Crippen molar-refractivity contribution in [2.45, 2.75) is 32.7 Å². The molecule has 0 atom stereocenters. The number of piperidine rings is 1. The predicted molar refractivity (Wildman–Crippen MR) is 132 cm³/mol. The molecule has 2 aromatic carbocycles. The highest BCUT2D eigenvalue weighted by molar-refractivity contribution is 5.92. The molecule has 0 spiro atoms. The average molecular weight is 446 g/mol. The van der Waals surface area contributed by atoms with Crippen LogP contribution in [0.2, 0.25) is 0 Å². The van der Waals surface area contributed by atoms with Gasteiger partial charge in [0.2, 0.25) is 11.8 Å². The molecule has 5 heteroatoms. The topological polar surface area (TPSA) is 43.9 Å². The zero-order valence-electron chi connectivity index (χ0n) is 19.7. The van der Waals surface area contributed by atoms with Crippen molar-refractivity contribution < 1.29 is 9.59 Å². The Balaban J connectivity index is 1.24. The zero-order valence-corrected chi connectivity index (χ0v) is 19.7. The highest BCUT2D eigenvalue weighted by Crippen LogP contribution is 2.22. The number of carbonyl (C=O) groups is 2. The summed E-state index contributed by atoms with van der Waals surface area (Å²) in [5.41, 5.74) is 3.72. The molecule has 174 valence electrons. The highest BCUT2D eigenvalue weighted by Gasteiger charge is 2.30. The normalized spacial score (nSPS) is 18.5. The fraction of sp³-hybridized carbons (Fsp3) is 0.429. The van der Waals surface area contributed by atoms with Crippen LogP contribution in [0.5, 0.6) is 0 Å². The van der Waals surface area contributed by atoms with Crippen molar-refractivity contribution in [2.24, 2.45) is 5.92 Å². The van der Waals surface area contributed by atoms with Crippen molar-refractivity contribution in [3.8, 4) is 0 Å². The molecule has 2 aliphatic rings. The second-order valence-corrected chi connectivity index (χ2v) is 9.23. The van der Waals surface area contributed by atoms with E-state index in [0.717, 1.165) is 57.5 Å². The minimum absolute atomic E-state index is 0.0337. The molecule has 2 heterocycles. The first kappa shape index (κ1) is 23.2. The highest BCUT2D eigenvalue weighted by atomic mass is 16.2. The van der Waals surface area contributed by atoms with E-state index in [1.54, 1.807) is 6.08 Å². The van der Waals surface area contributed by atoms with Crippen LogP contribution in [0, 0.1) is 12.8 Å². The summed E-state index contributed by atoms with van der Waals surface area (Å²) in [5.74, 6) is 0.348. The molecule has 0 unspecified atom stereocenters. The monoisotopic (exact) mass is 445 g/mol. The van der Waals surface area contributed by atoms with Gasteiger partial charge in [0.25, 0.3) is 0 Å². The van der Waals surface area contributed by atoms with Gasteiger partial charge in [0.15, 0.2) is 0 Å². The number of amides is 2. The van der Waals surface area contributed by atoms with Gasteiger partial charge < -0.3 is 9.80 Å². The Labute approximate surface area is 197 Å². The summed E-state index contributed by atoms with van der Waals surface area (Å²) in [4.78, 5) is 32.1.